The van der Waals surface area contributed by atoms with Crippen molar-refractivity contribution in [3.63, 3.8) is 0 Å². The summed E-state index contributed by atoms with van der Waals surface area (Å²) >= 11 is 0. The summed E-state index contributed by atoms with van der Waals surface area (Å²) in [5, 5.41) is 6.38. The molecule has 0 saturated carbocycles. The van der Waals surface area contributed by atoms with Crippen molar-refractivity contribution in [3.8, 4) is 0 Å². The van der Waals surface area contributed by atoms with E-state index in [1.807, 2.05) is 18.2 Å². The largest absolute Gasteiger partial charge is 0.355 e. The van der Waals surface area contributed by atoms with Crippen LogP contribution in [0.3, 0.4) is 0 Å². The summed E-state index contributed by atoms with van der Waals surface area (Å²) in [4.78, 5) is 12.6. The van der Waals surface area contributed by atoms with Gasteiger partial charge in [-0.15, -0.1) is 0 Å². The molecule has 1 heterocycles. The lowest BCUT2D eigenvalue weighted by atomic mass is 9.72. The number of nitrogens with one attached hydrogen (secondary N) is 2. The summed E-state index contributed by atoms with van der Waals surface area (Å²) in [6, 6.07) is 10.1. The van der Waals surface area contributed by atoms with Gasteiger partial charge in [-0.05, 0) is 44.5 Å². The van der Waals surface area contributed by atoms with Crippen molar-refractivity contribution >= 4 is 5.91 Å². The van der Waals surface area contributed by atoms with Crippen LogP contribution in [0.15, 0.2) is 30.3 Å². The van der Waals surface area contributed by atoms with E-state index in [4.69, 9.17) is 5.73 Å². The summed E-state index contributed by atoms with van der Waals surface area (Å²) in [6.07, 6.45) is 2.53. The van der Waals surface area contributed by atoms with Gasteiger partial charge in [-0.3, -0.25) is 4.79 Å². The molecule has 0 aliphatic carbocycles. The average molecular weight is 261 g/mol. The molecule has 0 spiro atoms. The Bertz CT molecular complexity index is 399. The maximum absolute atomic E-state index is 12.6. The number of rotatable bonds is 5. The topological polar surface area (TPSA) is 67.1 Å². The molecule has 4 N–H and O–H groups in total. The van der Waals surface area contributed by atoms with Crippen molar-refractivity contribution in [2.45, 2.75) is 24.7 Å². The predicted molar refractivity (Wildman–Crippen MR) is 76.9 cm³/mol. The van der Waals surface area contributed by atoms with E-state index in [2.05, 4.69) is 22.8 Å². The Balaban J connectivity index is 2.17. The molecular weight excluding hydrogens is 238 g/mol. The van der Waals surface area contributed by atoms with Gasteiger partial charge in [0.1, 0.15) is 0 Å². The molecule has 4 heteroatoms. The van der Waals surface area contributed by atoms with Crippen molar-refractivity contribution in [2.24, 2.45) is 5.73 Å². The SMILES string of the molecule is NCCCNC(=O)C1(c2ccccc2)CCNCC1. The second-order valence-corrected chi connectivity index (χ2v) is 5.10. The van der Waals surface area contributed by atoms with Crippen molar-refractivity contribution in [2.75, 3.05) is 26.2 Å². The summed E-state index contributed by atoms with van der Waals surface area (Å²) < 4.78 is 0. The molecule has 19 heavy (non-hydrogen) atoms. The molecule has 104 valence electrons. The van der Waals surface area contributed by atoms with Gasteiger partial charge in [0.2, 0.25) is 5.91 Å². The van der Waals surface area contributed by atoms with E-state index >= 15 is 0 Å². The number of carbonyl (C=O) groups excluding carboxylic acids is 1. The smallest absolute Gasteiger partial charge is 0.230 e. The van der Waals surface area contributed by atoms with Gasteiger partial charge in [-0.1, -0.05) is 30.3 Å². The van der Waals surface area contributed by atoms with E-state index in [0.29, 0.717) is 13.1 Å². The zero-order valence-corrected chi connectivity index (χ0v) is 11.3. The Kier molecular flexibility index (Phi) is 4.93. The van der Waals surface area contributed by atoms with Crippen LogP contribution < -0.4 is 16.4 Å². The molecule has 0 aromatic heterocycles. The standard InChI is InChI=1S/C15H23N3O/c16-9-4-10-18-14(19)15(7-11-17-12-8-15)13-5-2-1-3-6-13/h1-3,5-6,17H,4,7-12,16H2,(H,18,19). The fraction of sp³-hybridized carbons (Fsp3) is 0.533. The maximum Gasteiger partial charge on any atom is 0.230 e. The van der Waals surface area contributed by atoms with Crippen molar-refractivity contribution in [1.29, 1.82) is 0 Å². The Hall–Kier alpha value is -1.39. The van der Waals surface area contributed by atoms with E-state index in [1.54, 1.807) is 0 Å². The highest BCUT2D eigenvalue weighted by Crippen LogP contribution is 2.33. The second-order valence-electron chi connectivity index (χ2n) is 5.10. The molecule has 0 bridgehead atoms. The molecule has 1 aliphatic heterocycles. The lowest BCUT2D eigenvalue weighted by molar-refractivity contribution is -0.127. The third-order valence-electron chi connectivity index (χ3n) is 3.88. The van der Waals surface area contributed by atoms with E-state index < -0.39 is 0 Å². The minimum Gasteiger partial charge on any atom is -0.355 e. The van der Waals surface area contributed by atoms with Crippen LogP contribution in [0, 0.1) is 0 Å². The Morgan fingerprint density at radius 2 is 1.95 bits per heavy atom. The molecule has 4 nitrogen and oxygen atoms in total. The maximum atomic E-state index is 12.6. The first-order chi connectivity index (χ1) is 9.29. The van der Waals surface area contributed by atoms with Gasteiger partial charge < -0.3 is 16.4 Å². The van der Waals surface area contributed by atoms with Crippen LogP contribution in [0.5, 0.6) is 0 Å². The third kappa shape index (κ3) is 3.14. The Morgan fingerprint density at radius 3 is 2.58 bits per heavy atom. The molecule has 1 aromatic carbocycles. The Morgan fingerprint density at radius 1 is 1.26 bits per heavy atom. The number of hydrogen-bond donors (Lipinski definition) is 3. The van der Waals surface area contributed by atoms with Crippen LogP contribution in [0.1, 0.15) is 24.8 Å². The van der Waals surface area contributed by atoms with Crippen LogP contribution in [0.25, 0.3) is 0 Å². The van der Waals surface area contributed by atoms with Crippen molar-refractivity contribution in [1.82, 2.24) is 10.6 Å². The summed E-state index contributed by atoms with van der Waals surface area (Å²) in [7, 11) is 0. The van der Waals surface area contributed by atoms with Crippen LogP contribution in [-0.4, -0.2) is 32.1 Å². The van der Waals surface area contributed by atoms with Crippen LogP contribution >= 0.6 is 0 Å². The molecule has 1 aromatic rings. The third-order valence-corrected chi connectivity index (χ3v) is 3.88. The van der Waals surface area contributed by atoms with Crippen molar-refractivity contribution in [3.05, 3.63) is 35.9 Å². The molecule has 1 saturated heterocycles. The average Bonchev–Trinajstić information content (AvgIpc) is 2.49. The van der Waals surface area contributed by atoms with Gasteiger partial charge in [0, 0.05) is 6.54 Å². The number of hydrogen-bond acceptors (Lipinski definition) is 3. The van der Waals surface area contributed by atoms with Crippen LogP contribution in [-0.2, 0) is 10.2 Å². The minimum atomic E-state index is -0.374. The zero-order chi connectivity index (χ0) is 13.6. The fourth-order valence-corrected chi connectivity index (χ4v) is 2.73. The molecular formula is C15H23N3O. The second kappa shape index (κ2) is 6.68. The van der Waals surface area contributed by atoms with E-state index in [9.17, 15) is 4.79 Å². The van der Waals surface area contributed by atoms with E-state index in [1.165, 1.54) is 0 Å². The lowest BCUT2D eigenvalue weighted by Crippen LogP contribution is -2.51. The molecule has 0 atom stereocenters. The van der Waals surface area contributed by atoms with Gasteiger partial charge in [0.15, 0.2) is 0 Å². The number of nitrogens with two attached hydrogens (primary N) is 1. The predicted octanol–water partition coefficient (Wildman–Crippen LogP) is 0.773. The fourth-order valence-electron chi connectivity index (χ4n) is 2.73. The molecule has 1 aliphatic rings. The highest BCUT2D eigenvalue weighted by Gasteiger charge is 2.40. The van der Waals surface area contributed by atoms with Crippen LogP contribution in [0.2, 0.25) is 0 Å². The van der Waals surface area contributed by atoms with Gasteiger partial charge in [0.25, 0.3) is 0 Å². The normalized spacial score (nSPS) is 17.9. The molecule has 0 radical (unpaired) electrons. The molecule has 1 amide bonds. The Labute approximate surface area is 114 Å². The summed E-state index contributed by atoms with van der Waals surface area (Å²) in [5.74, 6) is 0.147. The van der Waals surface area contributed by atoms with Gasteiger partial charge in [-0.25, -0.2) is 0 Å². The highest BCUT2D eigenvalue weighted by atomic mass is 16.2. The number of benzene rings is 1. The zero-order valence-electron chi connectivity index (χ0n) is 11.3. The molecule has 1 fully saturated rings. The monoisotopic (exact) mass is 261 g/mol. The first kappa shape index (κ1) is 14.0. The van der Waals surface area contributed by atoms with Gasteiger partial charge in [0.05, 0.1) is 5.41 Å². The minimum absolute atomic E-state index is 0.147. The van der Waals surface area contributed by atoms with Gasteiger partial charge >= 0.3 is 0 Å². The highest BCUT2D eigenvalue weighted by molar-refractivity contribution is 5.88. The molecule has 2 rings (SSSR count). The quantitative estimate of drug-likeness (QED) is 0.686. The summed E-state index contributed by atoms with van der Waals surface area (Å²) in [5.41, 5.74) is 6.23. The van der Waals surface area contributed by atoms with E-state index in [-0.39, 0.29) is 11.3 Å². The molecule has 0 unspecified atom stereocenters. The number of carbonyl (C=O) groups is 1. The van der Waals surface area contributed by atoms with E-state index in [0.717, 1.165) is 37.9 Å². The van der Waals surface area contributed by atoms with Gasteiger partial charge in [-0.2, -0.15) is 0 Å². The first-order valence-corrected chi connectivity index (χ1v) is 7.04. The van der Waals surface area contributed by atoms with Crippen molar-refractivity contribution < 1.29 is 4.79 Å². The van der Waals surface area contributed by atoms with Crippen LogP contribution in [0.4, 0.5) is 0 Å². The summed E-state index contributed by atoms with van der Waals surface area (Å²) in [6.45, 7) is 3.05. The number of piperidine rings is 1. The number of amides is 1. The lowest BCUT2D eigenvalue weighted by Gasteiger charge is -2.36. The first-order valence-electron chi connectivity index (χ1n) is 7.04.